The molecule has 0 aliphatic heterocycles. The minimum Gasteiger partial charge on any atom is -0.462 e. The average molecular weight is 941 g/mol. The number of hydrogen-bond donors (Lipinski definition) is 0. The zero-order valence-electron chi connectivity index (χ0n) is 43.8. The van der Waals surface area contributed by atoms with Gasteiger partial charge in [0.2, 0.25) is 0 Å². The molecule has 0 aromatic heterocycles. The summed E-state index contributed by atoms with van der Waals surface area (Å²) < 4.78 is 16.6. The Kier molecular flexibility index (Phi) is 52.0. The van der Waals surface area contributed by atoms with E-state index in [1.807, 2.05) is 12.2 Å². The van der Waals surface area contributed by atoms with Gasteiger partial charge in [0.05, 0.1) is 0 Å². The van der Waals surface area contributed by atoms with Crippen LogP contribution in [0, 0.1) is 0 Å². The number of carbonyl (C=O) groups excluding carboxylic acids is 3. The maximum Gasteiger partial charge on any atom is 0.306 e. The molecule has 6 heteroatoms. The first-order chi connectivity index (χ1) is 33.5. The maximum absolute atomic E-state index is 12.7. The Morgan fingerprint density at radius 2 is 0.603 bits per heavy atom. The highest BCUT2D eigenvalue weighted by molar-refractivity contribution is 5.71. The summed E-state index contributed by atoms with van der Waals surface area (Å²) in [4.78, 5) is 37.7. The molecule has 0 saturated carbocycles. The molecule has 0 radical (unpaired) electrons. The van der Waals surface area contributed by atoms with E-state index < -0.39 is 12.1 Å². The zero-order chi connectivity index (χ0) is 49.3. The molecular weight excluding hydrogens is 841 g/mol. The molecule has 0 heterocycles. The SMILES string of the molecule is CC/C=C\C/C=C\C/C=C\C/C=C\C/C=C\C/C=C\CCCCCCCCCCCCCCC(=O)OCC(COC(=O)CCCCCCCC)OC(=O)CC/C=C\C/C=C\C/C=C\C/C=C\CC. The lowest BCUT2D eigenvalue weighted by molar-refractivity contribution is -0.166. The summed E-state index contributed by atoms with van der Waals surface area (Å²) in [7, 11) is 0. The van der Waals surface area contributed by atoms with Crippen molar-refractivity contribution < 1.29 is 28.6 Å². The Morgan fingerprint density at radius 1 is 0.309 bits per heavy atom. The molecule has 0 saturated heterocycles. The average Bonchev–Trinajstić information content (AvgIpc) is 3.34. The van der Waals surface area contributed by atoms with Crippen molar-refractivity contribution in [3.63, 3.8) is 0 Å². The molecule has 68 heavy (non-hydrogen) atoms. The van der Waals surface area contributed by atoms with Gasteiger partial charge in [-0.05, 0) is 96.3 Å². The van der Waals surface area contributed by atoms with Gasteiger partial charge >= 0.3 is 17.9 Å². The van der Waals surface area contributed by atoms with Crippen molar-refractivity contribution in [2.75, 3.05) is 13.2 Å². The Labute approximate surface area is 418 Å². The molecule has 0 N–H and O–H groups in total. The standard InChI is InChI=1S/C62H100O6/c1-4-7-10-13-16-18-20-22-23-24-25-26-27-28-29-30-31-32-33-34-35-36-37-38-39-41-42-44-46-49-52-55-61(64)67-58-59(57-66-60(63)54-51-48-15-12-9-6-3)68-62(65)56-53-50-47-45-43-40-21-19-17-14-11-8-5-2/h7-8,10-11,16-19,22-23,25-26,28-29,31-32,40,43,47,50,59H,4-6,9,12-15,20-21,24,27,30,33-39,41-42,44-46,48-49,51-58H2,1-3H3/b10-7-,11-8-,18-16-,19-17-,23-22-,26-25-,29-28-,32-31-,43-40-,50-47-. The van der Waals surface area contributed by atoms with Gasteiger partial charge in [0.25, 0.3) is 0 Å². The zero-order valence-corrected chi connectivity index (χ0v) is 43.8. The maximum atomic E-state index is 12.7. The molecule has 0 aliphatic rings. The van der Waals surface area contributed by atoms with E-state index in [0.717, 1.165) is 103 Å². The van der Waals surface area contributed by atoms with Crippen LogP contribution in [0.15, 0.2) is 122 Å². The van der Waals surface area contributed by atoms with Crippen LogP contribution in [-0.2, 0) is 28.6 Å². The highest BCUT2D eigenvalue weighted by Gasteiger charge is 2.19. The molecule has 1 atom stereocenters. The van der Waals surface area contributed by atoms with Crippen molar-refractivity contribution in [2.45, 2.75) is 239 Å². The molecule has 384 valence electrons. The normalized spacial score (nSPS) is 13.0. The van der Waals surface area contributed by atoms with Gasteiger partial charge in [0.1, 0.15) is 13.2 Å². The van der Waals surface area contributed by atoms with Gasteiger partial charge in [-0.25, -0.2) is 0 Å². The lowest BCUT2D eigenvalue weighted by Gasteiger charge is -2.18. The molecule has 0 aromatic rings. The van der Waals surface area contributed by atoms with Gasteiger partial charge in [-0.1, -0.05) is 239 Å². The summed E-state index contributed by atoms with van der Waals surface area (Å²) in [5.41, 5.74) is 0. The monoisotopic (exact) mass is 941 g/mol. The Morgan fingerprint density at radius 3 is 0.956 bits per heavy atom. The van der Waals surface area contributed by atoms with Crippen molar-refractivity contribution in [1.82, 2.24) is 0 Å². The number of hydrogen-bond acceptors (Lipinski definition) is 6. The number of allylic oxidation sites excluding steroid dienone is 20. The summed E-state index contributed by atoms with van der Waals surface area (Å²) >= 11 is 0. The van der Waals surface area contributed by atoms with Crippen molar-refractivity contribution in [1.29, 1.82) is 0 Å². The number of ether oxygens (including phenoxy) is 3. The number of rotatable bonds is 48. The van der Waals surface area contributed by atoms with Gasteiger partial charge < -0.3 is 14.2 Å². The largest absolute Gasteiger partial charge is 0.462 e. The van der Waals surface area contributed by atoms with Crippen LogP contribution in [0.1, 0.15) is 233 Å². The smallest absolute Gasteiger partial charge is 0.306 e. The highest BCUT2D eigenvalue weighted by Crippen LogP contribution is 2.14. The van der Waals surface area contributed by atoms with Gasteiger partial charge in [-0.15, -0.1) is 0 Å². The quantitative estimate of drug-likeness (QED) is 0.0262. The van der Waals surface area contributed by atoms with E-state index in [-0.39, 0.29) is 31.6 Å². The Hall–Kier alpha value is -4.19. The lowest BCUT2D eigenvalue weighted by atomic mass is 10.0. The van der Waals surface area contributed by atoms with Crippen LogP contribution >= 0.6 is 0 Å². The van der Waals surface area contributed by atoms with Crippen molar-refractivity contribution in [3.05, 3.63) is 122 Å². The summed E-state index contributed by atoms with van der Waals surface area (Å²) in [5, 5.41) is 0. The van der Waals surface area contributed by atoms with Crippen molar-refractivity contribution >= 4 is 17.9 Å². The van der Waals surface area contributed by atoms with Crippen LogP contribution in [-0.4, -0.2) is 37.2 Å². The first-order valence-electron chi connectivity index (χ1n) is 27.5. The predicted molar refractivity (Wildman–Crippen MR) is 293 cm³/mol. The topological polar surface area (TPSA) is 78.9 Å². The molecule has 0 aromatic carbocycles. The molecule has 6 nitrogen and oxygen atoms in total. The van der Waals surface area contributed by atoms with Crippen LogP contribution in [0.25, 0.3) is 0 Å². The minimum absolute atomic E-state index is 0.108. The van der Waals surface area contributed by atoms with E-state index in [9.17, 15) is 14.4 Å². The van der Waals surface area contributed by atoms with Gasteiger partial charge in [-0.3, -0.25) is 14.4 Å². The van der Waals surface area contributed by atoms with Crippen LogP contribution in [0.2, 0.25) is 0 Å². The number of carbonyl (C=O) groups is 3. The molecular formula is C62H100O6. The van der Waals surface area contributed by atoms with Crippen molar-refractivity contribution in [3.8, 4) is 0 Å². The van der Waals surface area contributed by atoms with E-state index in [1.54, 1.807) is 0 Å². The van der Waals surface area contributed by atoms with Crippen LogP contribution < -0.4 is 0 Å². The van der Waals surface area contributed by atoms with Gasteiger partial charge in [0.15, 0.2) is 6.10 Å². The third-order valence-corrected chi connectivity index (χ3v) is 11.2. The second kappa shape index (κ2) is 55.4. The molecule has 1 unspecified atom stereocenters. The third kappa shape index (κ3) is 52.8. The lowest BCUT2D eigenvalue weighted by Crippen LogP contribution is -2.30. The van der Waals surface area contributed by atoms with Gasteiger partial charge in [0, 0.05) is 19.3 Å². The van der Waals surface area contributed by atoms with Crippen LogP contribution in [0.3, 0.4) is 0 Å². The minimum atomic E-state index is -0.814. The third-order valence-electron chi connectivity index (χ3n) is 11.2. The first-order valence-corrected chi connectivity index (χ1v) is 27.5. The summed E-state index contributed by atoms with van der Waals surface area (Å²) in [6.07, 6.45) is 76.8. The van der Waals surface area contributed by atoms with E-state index >= 15 is 0 Å². The summed E-state index contributed by atoms with van der Waals surface area (Å²) in [6.45, 7) is 6.27. The summed E-state index contributed by atoms with van der Waals surface area (Å²) in [5.74, 6) is -1.01. The number of unbranched alkanes of at least 4 members (excludes halogenated alkanes) is 17. The first kappa shape index (κ1) is 63.8. The Bertz CT molecular complexity index is 1450. The van der Waals surface area contributed by atoms with Crippen LogP contribution in [0.4, 0.5) is 0 Å². The molecule has 0 aliphatic carbocycles. The molecule has 0 rings (SSSR count). The van der Waals surface area contributed by atoms with E-state index in [2.05, 4.69) is 130 Å². The molecule has 0 bridgehead atoms. The van der Waals surface area contributed by atoms with Crippen LogP contribution in [0.5, 0.6) is 0 Å². The Balaban J connectivity index is 4.11. The molecule has 0 amide bonds. The van der Waals surface area contributed by atoms with E-state index in [1.165, 1.54) is 83.5 Å². The van der Waals surface area contributed by atoms with E-state index in [4.69, 9.17) is 14.2 Å². The summed E-state index contributed by atoms with van der Waals surface area (Å²) in [6, 6.07) is 0. The highest BCUT2D eigenvalue weighted by atomic mass is 16.6. The fraction of sp³-hybridized carbons (Fsp3) is 0.629. The van der Waals surface area contributed by atoms with Crippen molar-refractivity contribution in [2.24, 2.45) is 0 Å². The van der Waals surface area contributed by atoms with E-state index in [0.29, 0.717) is 19.3 Å². The van der Waals surface area contributed by atoms with Gasteiger partial charge in [-0.2, -0.15) is 0 Å². The second-order valence-electron chi connectivity index (χ2n) is 17.7. The fourth-order valence-electron chi connectivity index (χ4n) is 7.16. The molecule has 0 fully saturated rings. The molecule has 0 spiro atoms. The fourth-order valence-corrected chi connectivity index (χ4v) is 7.16. The second-order valence-corrected chi connectivity index (χ2v) is 17.7. The number of esters is 3. The predicted octanol–water partition coefficient (Wildman–Crippen LogP) is 18.5.